The van der Waals surface area contributed by atoms with Gasteiger partial charge in [-0.05, 0) is 25.5 Å². The van der Waals surface area contributed by atoms with Crippen molar-refractivity contribution in [1.29, 1.82) is 0 Å². The molecule has 0 fully saturated rings. The second kappa shape index (κ2) is 7.40. The van der Waals surface area contributed by atoms with E-state index in [9.17, 15) is 9.59 Å². The molecule has 2 aromatic heterocycles. The third kappa shape index (κ3) is 3.51. The number of carbonyl (C=O) groups is 2. The van der Waals surface area contributed by atoms with Crippen LogP contribution in [0.3, 0.4) is 0 Å². The van der Waals surface area contributed by atoms with Gasteiger partial charge < -0.3 is 9.47 Å². The number of carbonyl (C=O) groups excluding carboxylic acids is 2. The summed E-state index contributed by atoms with van der Waals surface area (Å²) < 4.78 is 10.0. The van der Waals surface area contributed by atoms with Gasteiger partial charge >= 0.3 is 11.9 Å². The van der Waals surface area contributed by atoms with Crippen LogP contribution in [0.1, 0.15) is 35.0 Å². The highest BCUT2D eigenvalue weighted by atomic mass is 32.1. The van der Waals surface area contributed by atoms with Crippen molar-refractivity contribution < 1.29 is 19.1 Å². The lowest BCUT2D eigenvalue weighted by Crippen LogP contribution is -2.15. The maximum absolute atomic E-state index is 12.3. The summed E-state index contributed by atoms with van der Waals surface area (Å²) in [5.41, 5.74) is 1.08. The zero-order chi connectivity index (χ0) is 17.8. The summed E-state index contributed by atoms with van der Waals surface area (Å²) in [6.45, 7) is 3.83. The zero-order valence-electron chi connectivity index (χ0n) is 13.8. The third-order valence-electron chi connectivity index (χ3n) is 3.38. The average Bonchev–Trinajstić information content (AvgIpc) is 3.06. The molecule has 0 N–H and O–H groups in total. The van der Waals surface area contributed by atoms with E-state index in [1.54, 1.807) is 13.8 Å². The fourth-order valence-corrected chi connectivity index (χ4v) is 3.34. The largest absolute Gasteiger partial charge is 0.461 e. The maximum Gasteiger partial charge on any atom is 0.376 e. The third-order valence-corrected chi connectivity index (χ3v) is 4.46. The second-order valence-corrected chi connectivity index (χ2v) is 6.06. The summed E-state index contributed by atoms with van der Waals surface area (Å²) in [6, 6.07) is 11.6. The molecule has 3 aromatic rings. The average molecular weight is 356 g/mol. The minimum Gasteiger partial charge on any atom is -0.461 e. The summed E-state index contributed by atoms with van der Waals surface area (Å²) >= 11 is 1.38. The Labute approximate surface area is 148 Å². The van der Waals surface area contributed by atoms with Crippen LogP contribution in [0.25, 0.3) is 20.7 Å². The molecule has 6 nitrogen and oxygen atoms in total. The van der Waals surface area contributed by atoms with E-state index < -0.39 is 11.9 Å². The summed E-state index contributed by atoms with van der Waals surface area (Å²) in [6.07, 6.45) is 0. The summed E-state index contributed by atoms with van der Waals surface area (Å²) in [5, 5.41) is 0.565. The molecule has 0 saturated carbocycles. The second-order valence-electron chi connectivity index (χ2n) is 5.03. The van der Waals surface area contributed by atoms with Crippen LogP contribution in [-0.4, -0.2) is 35.1 Å². The van der Waals surface area contributed by atoms with Gasteiger partial charge in [-0.1, -0.05) is 30.3 Å². The van der Waals surface area contributed by atoms with Gasteiger partial charge in [0.05, 0.1) is 13.2 Å². The lowest BCUT2D eigenvalue weighted by molar-refractivity contribution is 0.0507. The quantitative estimate of drug-likeness (QED) is 0.649. The molecule has 0 aliphatic rings. The number of hydrogen-bond donors (Lipinski definition) is 0. The topological polar surface area (TPSA) is 78.4 Å². The van der Waals surface area contributed by atoms with Gasteiger partial charge in [-0.2, -0.15) is 0 Å². The van der Waals surface area contributed by atoms with Gasteiger partial charge in [0.2, 0.25) is 5.82 Å². The molecule has 0 spiro atoms. The van der Waals surface area contributed by atoms with Gasteiger partial charge in [-0.15, -0.1) is 11.3 Å². The molecular formula is C18H16N2O4S. The molecular weight excluding hydrogens is 340 g/mol. The van der Waals surface area contributed by atoms with Crippen molar-refractivity contribution in [2.75, 3.05) is 13.2 Å². The van der Waals surface area contributed by atoms with Crippen LogP contribution in [-0.2, 0) is 9.47 Å². The first kappa shape index (κ1) is 17.0. The van der Waals surface area contributed by atoms with Gasteiger partial charge in [0.25, 0.3) is 0 Å². The molecule has 1 aromatic carbocycles. The molecule has 0 amide bonds. The van der Waals surface area contributed by atoms with Crippen LogP contribution in [0.4, 0.5) is 0 Å². The Balaban J connectivity index is 2.16. The first-order valence-electron chi connectivity index (χ1n) is 7.85. The lowest BCUT2D eigenvalue weighted by atomic mass is 10.1. The van der Waals surface area contributed by atoms with E-state index >= 15 is 0 Å². The number of hydrogen-bond acceptors (Lipinski definition) is 7. The Kier molecular flexibility index (Phi) is 5.04. The van der Waals surface area contributed by atoms with Crippen molar-refractivity contribution in [3.63, 3.8) is 0 Å². The Morgan fingerprint density at radius 3 is 2.36 bits per heavy atom. The van der Waals surface area contributed by atoms with Gasteiger partial charge in [0.1, 0.15) is 4.83 Å². The fourth-order valence-electron chi connectivity index (χ4n) is 2.31. The number of rotatable bonds is 5. The van der Waals surface area contributed by atoms with E-state index in [1.807, 2.05) is 36.4 Å². The van der Waals surface area contributed by atoms with Gasteiger partial charge in [-0.3, -0.25) is 0 Å². The van der Waals surface area contributed by atoms with E-state index in [2.05, 4.69) is 9.97 Å². The molecule has 0 bridgehead atoms. The Hall–Kier alpha value is -2.80. The van der Waals surface area contributed by atoms with Crippen molar-refractivity contribution in [2.24, 2.45) is 0 Å². The monoisotopic (exact) mass is 356 g/mol. The lowest BCUT2D eigenvalue weighted by Gasteiger charge is -2.05. The zero-order valence-corrected chi connectivity index (χ0v) is 14.6. The molecule has 0 unspecified atom stereocenters. The van der Waals surface area contributed by atoms with E-state index in [1.165, 1.54) is 11.3 Å². The molecule has 7 heteroatoms. The van der Waals surface area contributed by atoms with Gasteiger partial charge in [0, 0.05) is 10.3 Å². The Morgan fingerprint density at radius 1 is 1.00 bits per heavy atom. The summed E-state index contributed by atoms with van der Waals surface area (Å²) in [7, 11) is 0. The van der Waals surface area contributed by atoms with E-state index in [-0.39, 0.29) is 24.7 Å². The standard InChI is InChI=1S/C18H16N2O4S/c1-3-23-17(21)14-12-10-13(11-8-6-5-7-9-11)25-16(12)20-15(19-14)18(22)24-4-2/h5-10H,3-4H2,1-2H3. The number of ether oxygens (including phenoxy) is 2. The van der Waals surface area contributed by atoms with Crippen LogP contribution >= 0.6 is 11.3 Å². The highest BCUT2D eigenvalue weighted by Crippen LogP contribution is 2.34. The predicted octanol–water partition coefficient (Wildman–Crippen LogP) is 3.71. The maximum atomic E-state index is 12.3. The first-order valence-corrected chi connectivity index (χ1v) is 8.67. The van der Waals surface area contributed by atoms with Gasteiger partial charge in [0.15, 0.2) is 5.69 Å². The first-order chi connectivity index (χ1) is 12.1. The molecule has 2 heterocycles. The number of nitrogens with zero attached hydrogens (tertiary/aromatic N) is 2. The molecule has 25 heavy (non-hydrogen) atoms. The van der Waals surface area contributed by atoms with Crippen molar-refractivity contribution in [3.8, 4) is 10.4 Å². The van der Waals surface area contributed by atoms with E-state index in [4.69, 9.17) is 9.47 Å². The van der Waals surface area contributed by atoms with Crippen molar-refractivity contribution in [1.82, 2.24) is 9.97 Å². The van der Waals surface area contributed by atoms with Crippen LogP contribution in [0.5, 0.6) is 0 Å². The molecule has 0 aliphatic carbocycles. The van der Waals surface area contributed by atoms with Gasteiger partial charge in [-0.25, -0.2) is 19.6 Å². The number of thiophene rings is 1. The molecule has 0 atom stereocenters. The molecule has 128 valence electrons. The normalized spacial score (nSPS) is 10.6. The Bertz CT molecular complexity index is 921. The van der Waals surface area contributed by atoms with Crippen LogP contribution in [0, 0.1) is 0 Å². The number of esters is 2. The molecule has 0 saturated heterocycles. The van der Waals surface area contributed by atoms with Crippen molar-refractivity contribution >= 4 is 33.5 Å². The van der Waals surface area contributed by atoms with Crippen molar-refractivity contribution in [3.05, 3.63) is 47.9 Å². The molecule has 0 radical (unpaired) electrons. The summed E-state index contributed by atoms with van der Waals surface area (Å²) in [4.78, 5) is 34.1. The summed E-state index contributed by atoms with van der Waals surface area (Å²) in [5.74, 6) is -1.39. The fraction of sp³-hybridized carbons (Fsp3) is 0.222. The van der Waals surface area contributed by atoms with Crippen LogP contribution < -0.4 is 0 Å². The van der Waals surface area contributed by atoms with Crippen LogP contribution in [0.15, 0.2) is 36.4 Å². The number of fused-ring (bicyclic) bond motifs is 1. The van der Waals surface area contributed by atoms with Crippen molar-refractivity contribution in [2.45, 2.75) is 13.8 Å². The minimum atomic E-state index is -0.662. The van der Waals surface area contributed by atoms with Crippen LogP contribution in [0.2, 0.25) is 0 Å². The smallest absolute Gasteiger partial charge is 0.376 e. The molecule has 3 rings (SSSR count). The number of aromatic nitrogens is 2. The van der Waals surface area contributed by atoms with E-state index in [0.717, 1.165) is 10.4 Å². The SMILES string of the molecule is CCOC(=O)c1nc(C(=O)OCC)c2cc(-c3ccccc3)sc2n1. The van der Waals surface area contributed by atoms with E-state index in [0.29, 0.717) is 10.2 Å². The minimum absolute atomic E-state index is 0.0772. The highest BCUT2D eigenvalue weighted by Gasteiger charge is 2.22. The number of benzene rings is 1. The predicted molar refractivity (Wildman–Crippen MR) is 94.8 cm³/mol. The Morgan fingerprint density at radius 2 is 1.68 bits per heavy atom. The molecule has 0 aliphatic heterocycles. The highest BCUT2D eigenvalue weighted by molar-refractivity contribution is 7.21.